The summed E-state index contributed by atoms with van der Waals surface area (Å²) in [4.78, 5) is 15.9. The van der Waals surface area contributed by atoms with Crippen LogP contribution in [-0.2, 0) is 6.54 Å². The summed E-state index contributed by atoms with van der Waals surface area (Å²) in [5.74, 6) is -0.562. The average Bonchev–Trinajstić information content (AvgIpc) is 2.91. The number of halogens is 1. The second-order valence-corrected chi connectivity index (χ2v) is 3.87. The zero-order chi connectivity index (χ0) is 13.7. The minimum Gasteiger partial charge on any atom is -0.370 e. The Morgan fingerprint density at radius 1 is 1.47 bits per heavy atom. The van der Waals surface area contributed by atoms with Crippen molar-refractivity contribution >= 4 is 11.7 Å². The highest BCUT2D eigenvalue weighted by Crippen LogP contribution is 2.13. The van der Waals surface area contributed by atoms with E-state index in [1.165, 1.54) is 0 Å². The summed E-state index contributed by atoms with van der Waals surface area (Å²) < 4.78 is 13.2. The Kier molecular flexibility index (Phi) is 4.07. The van der Waals surface area contributed by atoms with Crippen LogP contribution in [0.4, 0.5) is 10.2 Å². The number of nitrogens with zero attached hydrogens (tertiary/aromatic N) is 2. The van der Waals surface area contributed by atoms with Gasteiger partial charge in [0.25, 0.3) is 5.91 Å². The van der Waals surface area contributed by atoms with Crippen LogP contribution in [0.2, 0.25) is 0 Å². The molecule has 2 aromatic rings. The minimum atomic E-state index is -0.546. The van der Waals surface area contributed by atoms with Crippen LogP contribution < -0.4 is 10.6 Å². The van der Waals surface area contributed by atoms with Crippen LogP contribution in [0.15, 0.2) is 24.7 Å². The van der Waals surface area contributed by atoms with E-state index < -0.39 is 5.82 Å². The van der Waals surface area contributed by atoms with Gasteiger partial charge in [-0.05, 0) is 13.0 Å². The molecule has 0 unspecified atom stereocenters. The molecule has 7 heteroatoms. The minimum absolute atomic E-state index is 0.186. The lowest BCUT2D eigenvalue weighted by atomic mass is 10.2. The summed E-state index contributed by atoms with van der Waals surface area (Å²) in [5, 5.41) is 12.0. The number of nitrogens with one attached hydrogen (secondary N) is 3. The fraction of sp³-hybridized carbons (Fsp3) is 0.250. The zero-order valence-electron chi connectivity index (χ0n) is 10.4. The van der Waals surface area contributed by atoms with Crippen LogP contribution >= 0.6 is 0 Å². The van der Waals surface area contributed by atoms with Crippen LogP contribution in [0.1, 0.15) is 22.8 Å². The summed E-state index contributed by atoms with van der Waals surface area (Å²) in [6.45, 7) is 2.79. The smallest absolute Gasteiger partial charge is 0.255 e. The number of hydrogen-bond donors (Lipinski definition) is 3. The van der Waals surface area contributed by atoms with Crippen molar-refractivity contribution in [3.05, 3.63) is 41.6 Å². The van der Waals surface area contributed by atoms with Gasteiger partial charge in [0, 0.05) is 24.8 Å². The molecule has 0 bridgehead atoms. The number of hydrogen-bond acceptors (Lipinski definition) is 4. The summed E-state index contributed by atoms with van der Waals surface area (Å²) >= 11 is 0. The van der Waals surface area contributed by atoms with Crippen molar-refractivity contribution in [2.24, 2.45) is 0 Å². The van der Waals surface area contributed by atoms with Gasteiger partial charge in [0.15, 0.2) is 0 Å². The Bertz CT molecular complexity index is 555. The molecule has 0 aliphatic carbocycles. The first-order valence-corrected chi connectivity index (χ1v) is 5.86. The molecule has 100 valence electrons. The molecular formula is C12H14FN5O. The lowest BCUT2D eigenvalue weighted by Crippen LogP contribution is -2.24. The summed E-state index contributed by atoms with van der Waals surface area (Å²) in [6.07, 6.45) is 4.36. The van der Waals surface area contributed by atoms with Crippen LogP contribution in [0.25, 0.3) is 0 Å². The van der Waals surface area contributed by atoms with Gasteiger partial charge in [-0.3, -0.25) is 9.89 Å². The first kappa shape index (κ1) is 13.0. The van der Waals surface area contributed by atoms with Gasteiger partial charge < -0.3 is 10.6 Å². The largest absolute Gasteiger partial charge is 0.370 e. The fourth-order valence-electron chi connectivity index (χ4n) is 1.57. The molecule has 0 radical (unpaired) electrons. The van der Waals surface area contributed by atoms with Crippen molar-refractivity contribution in [1.82, 2.24) is 20.5 Å². The van der Waals surface area contributed by atoms with Gasteiger partial charge in [-0.15, -0.1) is 0 Å². The van der Waals surface area contributed by atoms with E-state index >= 15 is 0 Å². The third kappa shape index (κ3) is 3.27. The van der Waals surface area contributed by atoms with Crippen LogP contribution in [-0.4, -0.2) is 27.6 Å². The number of anilines is 1. The number of pyridine rings is 1. The second kappa shape index (κ2) is 5.94. The van der Waals surface area contributed by atoms with Crippen LogP contribution in [0, 0.1) is 5.82 Å². The molecule has 0 aliphatic heterocycles. The first-order chi connectivity index (χ1) is 9.20. The Hall–Kier alpha value is -2.44. The first-order valence-electron chi connectivity index (χ1n) is 5.86. The molecule has 0 saturated carbocycles. The maximum absolute atomic E-state index is 13.2. The molecule has 1 amide bonds. The summed E-state index contributed by atoms with van der Waals surface area (Å²) in [7, 11) is 0. The van der Waals surface area contributed by atoms with Crippen molar-refractivity contribution in [2.75, 3.05) is 11.9 Å². The van der Waals surface area contributed by atoms with Gasteiger partial charge in [-0.25, -0.2) is 9.37 Å². The van der Waals surface area contributed by atoms with Gasteiger partial charge in [0.1, 0.15) is 11.6 Å². The van der Waals surface area contributed by atoms with Gasteiger partial charge in [0.05, 0.1) is 18.0 Å². The van der Waals surface area contributed by atoms with Crippen molar-refractivity contribution in [3.63, 3.8) is 0 Å². The van der Waals surface area contributed by atoms with Gasteiger partial charge >= 0.3 is 0 Å². The molecule has 2 aromatic heterocycles. The number of rotatable bonds is 5. The predicted octanol–water partition coefficient (Wildman–Crippen LogP) is 1.31. The number of H-pyrrole nitrogens is 1. The fourth-order valence-corrected chi connectivity index (χ4v) is 1.57. The quantitative estimate of drug-likeness (QED) is 0.759. The van der Waals surface area contributed by atoms with Crippen molar-refractivity contribution in [3.8, 4) is 0 Å². The normalized spacial score (nSPS) is 10.2. The van der Waals surface area contributed by atoms with E-state index in [4.69, 9.17) is 0 Å². The summed E-state index contributed by atoms with van der Waals surface area (Å²) in [5.41, 5.74) is 1.02. The van der Waals surface area contributed by atoms with E-state index in [1.54, 1.807) is 12.4 Å². The number of amides is 1. The standard InChI is InChI=1S/C12H14FN5O/c1-2-14-11-10(3-9(13)7-15-11)12(19)16-4-8-5-17-18-6-8/h3,5-7H,2,4H2,1H3,(H,14,15)(H,16,19)(H,17,18). The Morgan fingerprint density at radius 3 is 3.00 bits per heavy atom. The van der Waals surface area contributed by atoms with E-state index in [0.29, 0.717) is 18.9 Å². The molecule has 0 fully saturated rings. The summed E-state index contributed by atoms with van der Waals surface area (Å²) in [6, 6.07) is 1.16. The van der Waals surface area contributed by atoms with E-state index in [0.717, 1.165) is 17.8 Å². The number of aromatic nitrogens is 3. The van der Waals surface area contributed by atoms with Gasteiger partial charge in [-0.2, -0.15) is 5.10 Å². The molecule has 3 N–H and O–H groups in total. The third-order valence-corrected chi connectivity index (χ3v) is 2.45. The molecule has 2 rings (SSSR count). The molecule has 0 atom stereocenters. The maximum atomic E-state index is 13.2. The number of carbonyl (C=O) groups excluding carboxylic acids is 1. The maximum Gasteiger partial charge on any atom is 0.255 e. The Labute approximate surface area is 109 Å². The zero-order valence-corrected chi connectivity index (χ0v) is 10.4. The highest BCUT2D eigenvalue weighted by molar-refractivity contribution is 5.98. The Balaban J connectivity index is 2.11. The molecule has 0 aromatic carbocycles. The molecule has 6 nitrogen and oxygen atoms in total. The number of carbonyl (C=O) groups is 1. The van der Waals surface area contributed by atoms with E-state index in [2.05, 4.69) is 25.8 Å². The average molecular weight is 263 g/mol. The molecule has 19 heavy (non-hydrogen) atoms. The van der Waals surface area contributed by atoms with Crippen molar-refractivity contribution in [2.45, 2.75) is 13.5 Å². The molecule has 0 spiro atoms. The second-order valence-electron chi connectivity index (χ2n) is 3.87. The number of aromatic amines is 1. The van der Waals surface area contributed by atoms with Gasteiger partial charge in [0.2, 0.25) is 0 Å². The molecular weight excluding hydrogens is 249 g/mol. The van der Waals surface area contributed by atoms with E-state index in [9.17, 15) is 9.18 Å². The topological polar surface area (TPSA) is 82.7 Å². The lowest BCUT2D eigenvalue weighted by Gasteiger charge is -2.09. The molecule has 2 heterocycles. The van der Waals surface area contributed by atoms with Crippen LogP contribution in [0.5, 0.6) is 0 Å². The molecule has 0 aliphatic rings. The third-order valence-electron chi connectivity index (χ3n) is 2.45. The van der Waals surface area contributed by atoms with Gasteiger partial charge in [-0.1, -0.05) is 0 Å². The van der Waals surface area contributed by atoms with Crippen LogP contribution in [0.3, 0.4) is 0 Å². The van der Waals surface area contributed by atoms with E-state index in [-0.39, 0.29) is 11.5 Å². The highest BCUT2D eigenvalue weighted by atomic mass is 19.1. The predicted molar refractivity (Wildman–Crippen MR) is 68.1 cm³/mol. The monoisotopic (exact) mass is 263 g/mol. The van der Waals surface area contributed by atoms with E-state index in [1.807, 2.05) is 6.92 Å². The highest BCUT2D eigenvalue weighted by Gasteiger charge is 2.13. The van der Waals surface area contributed by atoms with Crippen molar-refractivity contribution < 1.29 is 9.18 Å². The molecule has 0 saturated heterocycles. The Morgan fingerprint density at radius 2 is 2.32 bits per heavy atom. The SMILES string of the molecule is CCNc1ncc(F)cc1C(=O)NCc1cn[nH]c1. The lowest BCUT2D eigenvalue weighted by molar-refractivity contribution is 0.0951. The van der Waals surface area contributed by atoms with Crippen molar-refractivity contribution in [1.29, 1.82) is 0 Å².